The van der Waals surface area contributed by atoms with E-state index in [4.69, 9.17) is 0 Å². The Bertz CT molecular complexity index is 1280. The van der Waals surface area contributed by atoms with Gasteiger partial charge in [0.25, 0.3) is 0 Å². The normalized spacial score (nSPS) is 11.8. The van der Waals surface area contributed by atoms with E-state index in [9.17, 15) is 14.4 Å². The van der Waals surface area contributed by atoms with Crippen LogP contribution >= 0.6 is 0 Å². The Morgan fingerprint density at radius 3 is 2.42 bits per heavy atom. The van der Waals surface area contributed by atoms with Gasteiger partial charge in [-0.2, -0.15) is 10.2 Å². The van der Waals surface area contributed by atoms with Crippen LogP contribution in [-0.4, -0.2) is 36.4 Å². The Kier molecular flexibility index (Phi) is 5.52. The standard InChI is InChI=1S/C21H19N7O3/c1-14(28-13-22-12-24-28)21(31)26-16-8-6-15(7-9-16)25-20(30)11-27-18-5-3-2-4-17(18)19(29)10-23-27/h2-10,12-14H,11H2,1H3,(H,25,30)(H,26,31). The molecule has 2 aromatic heterocycles. The number of hydrogen-bond donors (Lipinski definition) is 2. The highest BCUT2D eigenvalue weighted by Gasteiger charge is 2.15. The van der Waals surface area contributed by atoms with Crippen LogP contribution < -0.4 is 16.1 Å². The molecule has 0 aliphatic carbocycles. The Labute approximate surface area is 176 Å². The number of nitrogens with one attached hydrogen (secondary N) is 2. The number of amides is 2. The van der Waals surface area contributed by atoms with Crippen LogP contribution in [0.5, 0.6) is 0 Å². The van der Waals surface area contributed by atoms with E-state index in [1.807, 2.05) is 0 Å². The highest BCUT2D eigenvalue weighted by atomic mass is 16.2. The average molecular weight is 417 g/mol. The average Bonchev–Trinajstić information content (AvgIpc) is 3.31. The molecule has 0 radical (unpaired) electrons. The molecule has 1 atom stereocenters. The molecule has 0 spiro atoms. The van der Waals surface area contributed by atoms with Gasteiger partial charge in [-0.25, -0.2) is 9.67 Å². The molecule has 2 heterocycles. The molecule has 0 saturated carbocycles. The topological polar surface area (TPSA) is 124 Å². The molecule has 31 heavy (non-hydrogen) atoms. The van der Waals surface area contributed by atoms with Crippen molar-refractivity contribution in [2.24, 2.45) is 0 Å². The number of benzene rings is 2. The summed E-state index contributed by atoms with van der Waals surface area (Å²) in [4.78, 5) is 40.5. The third-order valence-corrected chi connectivity index (χ3v) is 4.70. The fourth-order valence-electron chi connectivity index (χ4n) is 3.04. The molecule has 0 aliphatic rings. The summed E-state index contributed by atoms with van der Waals surface area (Å²) >= 11 is 0. The lowest BCUT2D eigenvalue weighted by Crippen LogP contribution is -2.24. The van der Waals surface area contributed by atoms with Crippen molar-refractivity contribution in [3.05, 3.63) is 77.6 Å². The largest absolute Gasteiger partial charge is 0.324 e. The molecule has 0 fully saturated rings. The van der Waals surface area contributed by atoms with Crippen molar-refractivity contribution in [3.8, 4) is 0 Å². The monoisotopic (exact) mass is 417 g/mol. The van der Waals surface area contributed by atoms with Crippen molar-refractivity contribution in [3.63, 3.8) is 0 Å². The van der Waals surface area contributed by atoms with E-state index in [-0.39, 0.29) is 23.8 Å². The number of hydrogen-bond acceptors (Lipinski definition) is 6. The molecule has 10 nitrogen and oxygen atoms in total. The molecule has 10 heteroatoms. The SMILES string of the molecule is CC(C(=O)Nc1ccc(NC(=O)Cn2ncc(=O)c3ccccc32)cc1)n1cncn1. The maximum absolute atomic E-state index is 12.5. The summed E-state index contributed by atoms with van der Waals surface area (Å²) < 4.78 is 2.94. The molecule has 1 unspecified atom stereocenters. The van der Waals surface area contributed by atoms with Crippen LogP contribution in [0.4, 0.5) is 11.4 Å². The van der Waals surface area contributed by atoms with E-state index in [1.54, 1.807) is 55.5 Å². The Morgan fingerprint density at radius 1 is 1.00 bits per heavy atom. The molecule has 0 bridgehead atoms. The Hall–Kier alpha value is -4.34. The van der Waals surface area contributed by atoms with Gasteiger partial charge in [-0.05, 0) is 43.3 Å². The van der Waals surface area contributed by atoms with Gasteiger partial charge in [-0.3, -0.25) is 19.1 Å². The van der Waals surface area contributed by atoms with E-state index in [2.05, 4.69) is 25.8 Å². The number of anilines is 2. The zero-order chi connectivity index (χ0) is 21.8. The summed E-state index contributed by atoms with van der Waals surface area (Å²) in [5, 5.41) is 14.1. The molecule has 0 aliphatic heterocycles. The zero-order valence-electron chi connectivity index (χ0n) is 16.6. The predicted molar refractivity (Wildman–Crippen MR) is 114 cm³/mol. The number of nitrogens with zero attached hydrogens (tertiary/aromatic N) is 5. The van der Waals surface area contributed by atoms with E-state index in [0.29, 0.717) is 22.3 Å². The fraction of sp³-hybridized carbons (Fsp3) is 0.143. The minimum absolute atomic E-state index is 0.0469. The predicted octanol–water partition coefficient (Wildman–Crippen LogP) is 1.83. The van der Waals surface area contributed by atoms with Gasteiger partial charge in [-0.1, -0.05) is 12.1 Å². The van der Waals surface area contributed by atoms with Crippen molar-refractivity contribution in [2.45, 2.75) is 19.5 Å². The number of fused-ring (bicyclic) bond motifs is 1. The van der Waals surface area contributed by atoms with Gasteiger partial charge in [0, 0.05) is 16.8 Å². The van der Waals surface area contributed by atoms with Crippen molar-refractivity contribution in [2.75, 3.05) is 10.6 Å². The van der Waals surface area contributed by atoms with Crippen molar-refractivity contribution in [1.82, 2.24) is 24.5 Å². The molecular formula is C21H19N7O3. The number of aromatic nitrogens is 5. The molecule has 4 rings (SSSR count). The van der Waals surface area contributed by atoms with Gasteiger partial charge in [0.05, 0.1) is 11.7 Å². The van der Waals surface area contributed by atoms with Crippen LogP contribution in [0, 0.1) is 0 Å². The van der Waals surface area contributed by atoms with Gasteiger partial charge in [0.2, 0.25) is 17.2 Å². The summed E-state index contributed by atoms with van der Waals surface area (Å²) in [6, 6.07) is 13.2. The summed E-state index contributed by atoms with van der Waals surface area (Å²) in [5.74, 6) is -0.531. The number of para-hydroxylation sites is 1. The fourth-order valence-corrected chi connectivity index (χ4v) is 3.04. The van der Waals surface area contributed by atoms with E-state index in [1.165, 1.54) is 28.2 Å². The quantitative estimate of drug-likeness (QED) is 0.493. The van der Waals surface area contributed by atoms with Gasteiger partial charge in [-0.15, -0.1) is 0 Å². The maximum atomic E-state index is 12.5. The second-order valence-corrected chi connectivity index (χ2v) is 6.85. The van der Waals surface area contributed by atoms with Crippen LogP contribution in [-0.2, 0) is 16.1 Å². The highest BCUT2D eigenvalue weighted by molar-refractivity contribution is 5.94. The lowest BCUT2D eigenvalue weighted by Gasteiger charge is -2.13. The van der Waals surface area contributed by atoms with Crippen molar-refractivity contribution >= 4 is 34.1 Å². The van der Waals surface area contributed by atoms with Crippen LogP contribution in [0.25, 0.3) is 10.9 Å². The van der Waals surface area contributed by atoms with E-state index >= 15 is 0 Å². The third kappa shape index (κ3) is 4.47. The smallest absolute Gasteiger partial charge is 0.249 e. The zero-order valence-corrected chi connectivity index (χ0v) is 16.6. The molecule has 2 N–H and O–H groups in total. The molecule has 156 valence electrons. The van der Waals surface area contributed by atoms with Crippen molar-refractivity contribution < 1.29 is 9.59 Å². The summed E-state index contributed by atoms with van der Waals surface area (Å²) in [6.07, 6.45) is 4.05. The summed E-state index contributed by atoms with van der Waals surface area (Å²) in [7, 11) is 0. The number of rotatable bonds is 6. The third-order valence-electron chi connectivity index (χ3n) is 4.70. The summed E-state index contributed by atoms with van der Waals surface area (Å²) in [5.41, 5.74) is 1.55. The number of carbonyl (C=O) groups excluding carboxylic acids is 2. The first-order chi connectivity index (χ1) is 15.0. The second-order valence-electron chi connectivity index (χ2n) is 6.85. The first-order valence-electron chi connectivity index (χ1n) is 9.51. The van der Waals surface area contributed by atoms with Crippen LogP contribution in [0.2, 0.25) is 0 Å². The van der Waals surface area contributed by atoms with Gasteiger partial charge in [0.15, 0.2) is 0 Å². The lowest BCUT2D eigenvalue weighted by molar-refractivity contribution is -0.119. The maximum Gasteiger partial charge on any atom is 0.249 e. The van der Waals surface area contributed by atoms with Crippen LogP contribution in [0.15, 0.2) is 72.2 Å². The molecule has 0 saturated heterocycles. The minimum atomic E-state index is -0.512. The first-order valence-corrected chi connectivity index (χ1v) is 9.51. The van der Waals surface area contributed by atoms with Crippen molar-refractivity contribution in [1.29, 1.82) is 0 Å². The van der Waals surface area contributed by atoms with E-state index < -0.39 is 6.04 Å². The Balaban J connectivity index is 1.39. The lowest BCUT2D eigenvalue weighted by atomic mass is 10.2. The van der Waals surface area contributed by atoms with Crippen LogP contribution in [0.1, 0.15) is 13.0 Å². The van der Waals surface area contributed by atoms with Crippen LogP contribution in [0.3, 0.4) is 0 Å². The molecule has 2 aromatic carbocycles. The van der Waals surface area contributed by atoms with Gasteiger partial charge >= 0.3 is 0 Å². The van der Waals surface area contributed by atoms with E-state index in [0.717, 1.165) is 0 Å². The summed E-state index contributed by atoms with van der Waals surface area (Å²) in [6.45, 7) is 1.67. The molecular weight excluding hydrogens is 398 g/mol. The first kappa shape index (κ1) is 20.0. The highest BCUT2D eigenvalue weighted by Crippen LogP contribution is 2.16. The molecule has 2 amide bonds. The molecule has 4 aromatic rings. The number of carbonyl (C=O) groups is 2. The van der Waals surface area contributed by atoms with Gasteiger partial charge < -0.3 is 10.6 Å². The Morgan fingerprint density at radius 2 is 1.71 bits per heavy atom. The van der Waals surface area contributed by atoms with Gasteiger partial charge in [0.1, 0.15) is 25.2 Å². The minimum Gasteiger partial charge on any atom is -0.324 e. The second kappa shape index (κ2) is 8.57.